The van der Waals surface area contributed by atoms with Crippen molar-refractivity contribution in [3.63, 3.8) is 0 Å². The fraction of sp³-hybridized carbons (Fsp3) is 0.500. The molecule has 0 bridgehead atoms. The summed E-state index contributed by atoms with van der Waals surface area (Å²) in [5, 5.41) is 9.06. The lowest BCUT2D eigenvalue weighted by Crippen LogP contribution is -2.31. The van der Waals surface area contributed by atoms with Crippen molar-refractivity contribution < 1.29 is 19.4 Å². The molecule has 1 unspecified atom stereocenters. The van der Waals surface area contributed by atoms with Gasteiger partial charge in [-0.05, 0) is 5.56 Å². The molecule has 1 fully saturated rings. The van der Waals surface area contributed by atoms with Gasteiger partial charge >= 0.3 is 5.97 Å². The predicted molar refractivity (Wildman–Crippen MR) is 69.3 cm³/mol. The Labute approximate surface area is 112 Å². The molecule has 1 aromatic rings. The summed E-state index contributed by atoms with van der Waals surface area (Å²) in [7, 11) is 0. The second kappa shape index (κ2) is 5.69. The first-order chi connectivity index (χ1) is 9.07. The van der Waals surface area contributed by atoms with Gasteiger partial charge in [0.2, 0.25) is 0 Å². The number of hydrogen-bond donors (Lipinski definition) is 2. The molecule has 0 radical (unpaired) electrons. The van der Waals surface area contributed by atoms with Crippen molar-refractivity contribution in [3.05, 3.63) is 35.4 Å². The minimum Gasteiger partial charge on any atom is -0.481 e. The van der Waals surface area contributed by atoms with Gasteiger partial charge in [-0.1, -0.05) is 31.2 Å². The molecule has 0 aliphatic carbocycles. The minimum atomic E-state index is -0.940. The highest BCUT2D eigenvalue weighted by atomic mass is 16.7. The van der Waals surface area contributed by atoms with E-state index < -0.39 is 17.7 Å². The number of benzene rings is 1. The Morgan fingerprint density at radius 3 is 2.42 bits per heavy atom. The maximum atomic E-state index is 11.0. The molecule has 19 heavy (non-hydrogen) atoms. The lowest BCUT2D eigenvalue weighted by Gasteiger charge is -2.29. The van der Waals surface area contributed by atoms with Crippen molar-refractivity contribution in [2.45, 2.75) is 25.7 Å². The van der Waals surface area contributed by atoms with Gasteiger partial charge in [0.05, 0.1) is 19.1 Å². The zero-order chi connectivity index (χ0) is 13.9. The van der Waals surface area contributed by atoms with Crippen LogP contribution in [0.5, 0.6) is 0 Å². The minimum absolute atomic E-state index is 0.296. The van der Waals surface area contributed by atoms with Gasteiger partial charge in [0.15, 0.2) is 5.79 Å². The number of carboxylic acids is 1. The Balaban J connectivity index is 2.25. The summed E-state index contributed by atoms with van der Waals surface area (Å²) in [5.74, 6) is -2.32. The number of nitrogens with two attached hydrogens (primary N) is 1. The van der Waals surface area contributed by atoms with Crippen LogP contribution < -0.4 is 5.73 Å². The highest BCUT2D eigenvalue weighted by Gasteiger charge is 2.41. The predicted octanol–water partition coefficient (Wildman–Crippen LogP) is 1.46. The second-order valence-electron chi connectivity index (χ2n) is 4.79. The van der Waals surface area contributed by atoms with Crippen molar-refractivity contribution in [2.75, 3.05) is 13.2 Å². The molecule has 5 nitrogen and oxygen atoms in total. The maximum absolute atomic E-state index is 11.0. The lowest BCUT2D eigenvalue weighted by atomic mass is 9.94. The zero-order valence-corrected chi connectivity index (χ0v) is 11.0. The third kappa shape index (κ3) is 2.94. The molecule has 0 aromatic heterocycles. The van der Waals surface area contributed by atoms with Crippen molar-refractivity contribution in [3.8, 4) is 0 Å². The van der Waals surface area contributed by atoms with Crippen LogP contribution in [0.25, 0.3) is 0 Å². The van der Waals surface area contributed by atoms with E-state index in [9.17, 15) is 4.79 Å². The summed E-state index contributed by atoms with van der Waals surface area (Å²) >= 11 is 0. The highest BCUT2D eigenvalue weighted by Crippen LogP contribution is 2.37. The van der Waals surface area contributed by atoms with E-state index in [1.165, 1.54) is 0 Å². The van der Waals surface area contributed by atoms with Crippen LogP contribution in [0.2, 0.25) is 0 Å². The second-order valence-corrected chi connectivity index (χ2v) is 4.79. The normalized spacial score (nSPS) is 19.3. The zero-order valence-electron chi connectivity index (χ0n) is 11.0. The van der Waals surface area contributed by atoms with Crippen molar-refractivity contribution in [1.29, 1.82) is 0 Å². The molecule has 1 aliphatic rings. The Hall–Kier alpha value is -1.43. The van der Waals surface area contributed by atoms with Gasteiger partial charge < -0.3 is 20.3 Å². The van der Waals surface area contributed by atoms with Crippen molar-refractivity contribution in [1.82, 2.24) is 0 Å². The standard InChI is InChI=1S/C14H19NO4/c1-10(13(16)17)8-14(18-6-7-19-14)12-4-2-11(9-15)3-5-12/h2-5,10H,6-9,15H2,1H3,(H,16,17). The molecule has 0 spiro atoms. The summed E-state index contributed by atoms with van der Waals surface area (Å²) in [4.78, 5) is 11.0. The van der Waals surface area contributed by atoms with Crippen LogP contribution >= 0.6 is 0 Å². The van der Waals surface area contributed by atoms with Crippen LogP contribution in [0, 0.1) is 5.92 Å². The topological polar surface area (TPSA) is 81.8 Å². The summed E-state index contributed by atoms with van der Waals surface area (Å²) in [6.07, 6.45) is 0.296. The molecule has 2 rings (SSSR count). The van der Waals surface area contributed by atoms with Gasteiger partial charge in [0.25, 0.3) is 0 Å². The summed E-state index contributed by atoms with van der Waals surface area (Å²) in [5.41, 5.74) is 7.43. The van der Waals surface area contributed by atoms with Crippen LogP contribution in [0.3, 0.4) is 0 Å². The molecule has 3 N–H and O–H groups in total. The maximum Gasteiger partial charge on any atom is 0.306 e. The average Bonchev–Trinajstić information content (AvgIpc) is 2.88. The van der Waals surface area contributed by atoms with Gasteiger partial charge in [0.1, 0.15) is 0 Å². The van der Waals surface area contributed by atoms with Crippen LogP contribution in [-0.2, 0) is 26.6 Å². The van der Waals surface area contributed by atoms with E-state index in [0.29, 0.717) is 26.2 Å². The van der Waals surface area contributed by atoms with E-state index in [4.69, 9.17) is 20.3 Å². The Morgan fingerprint density at radius 1 is 1.37 bits per heavy atom. The van der Waals surface area contributed by atoms with Crippen LogP contribution in [0.4, 0.5) is 0 Å². The van der Waals surface area contributed by atoms with Gasteiger partial charge in [-0.2, -0.15) is 0 Å². The van der Waals surface area contributed by atoms with E-state index in [-0.39, 0.29) is 0 Å². The Morgan fingerprint density at radius 2 is 1.95 bits per heavy atom. The SMILES string of the molecule is CC(CC1(c2ccc(CN)cc2)OCCO1)C(=O)O. The molecule has 1 aliphatic heterocycles. The first-order valence-electron chi connectivity index (χ1n) is 6.37. The lowest BCUT2D eigenvalue weighted by molar-refractivity contribution is -0.184. The molecule has 1 atom stereocenters. The molecule has 5 heteroatoms. The molecule has 0 amide bonds. The Bertz CT molecular complexity index is 437. The largest absolute Gasteiger partial charge is 0.481 e. The van der Waals surface area contributed by atoms with Gasteiger partial charge in [-0.15, -0.1) is 0 Å². The van der Waals surface area contributed by atoms with Gasteiger partial charge in [-0.25, -0.2) is 0 Å². The number of carboxylic acid groups (broad SMARTS) is 1. The van der Waals surface area contributed by atoms with Crippen LogP contribution in [0.15, 0.2) is 24.3 Å². The molecule has 1 aromatic carbocycles. The Kier molecular flexibility index (Phi) is 4.19. The van der Waals surface area contributed by atoms with Gasteiger partial charge in [0, 0.05) is 18.5 Å². The third-order valence-corrected chi connectivity index (χ3v) is 3.38. The number of aliphatic carboxylic acids is 1. The molecule has 1 saturated heterocycles. The summed E-state index contributed by atoms with van der Waals surface area (Å²) in [6, 6.07) is 7.60. The van der Waals surface area contributed by atoms with Crippen LogP contribution in [-0.4, -0.2) is 24.3 Å². The van der Waals surface area contributed by atoms with E-state index in [1.807, 2.05) is 24.3 Å². The van der Waals surface area contributed by atoms with E-state index >= 15 is 0 Å². The smallest absolute Gasteiger partial charge is 0.306 e. The fourth-order valence-corrected chi connectivity index (χ4v) is 2.24. The highest BCUT2D eigenvalue weighted by molar-refractivity contribution is 5.69. The molecule has 104 valence electrons. The van der Waals surface area contributed by atoms with Crippen LogP contribution in [0.1, 0.15) is 24.5 Å². The third-order valence-electron chi connectivity index (χ3n) is 3.38. The molecule has 1 heterocycles. The summed E-state index contributed by atoms with van der Waals surface area (Å²) in [6.45, 7) is 3.08. The number of carbonyl (C=O) groups is 1. The molecular weight excluding hydrogens is 246 g/mol. The van der Waals surface area contributed by atoms with E-state index in [2.05, 4.69) is 0 Å². The number of rotatable bonds is 5. The quantitative estimate of drug-likeness (QED) is 0.842. The first kappa shape index (κ1) is 14.0. The number of ether oxygens (including phenoxy) is 2. The van der Waals surface area contributed by atoms with E-state index in [1.54, 1.807) is 6.92 Å². The number of hydrogen-bond acceptors (Lipinski definition) is 4. The molecule has 0 saturated carbocycles. The van der Waals surface area contributed by atoms with Crippen molar-refractivity contribution in [2.24, 2.45) is 11.7 Å². The first-order valence-corrected chi connectivity index (χ1v) is 6.37. The fourth-order valence-electron chi connectivity index (χ4n) is 2.24. The van der Waals surface area contributed by atoms with Gasteiger partial charge in [-0.3, -0.25) is 4.79 Å². The monoisotopic (exact) mass is 265 g/mol. The molecular formula is C14H19NO4. The van der Waals surface area contributed by atoms with E-state index in [0.717, 1.165) is 11.1 Å². The van der Waals surface area contributed by atoms with Crippen molar-refractivity contribution >= 4 is 5.97 Å². The average molecular weight is 265 g/mol. The summed E-state index contributed by atoms with van der Waals surface area (Å²) < 4.78 is 11.4.